The summed E-state index contributed by atoms with van der Waals surface area (Å²) in [6.07, 6.45) is 13.8. The van der Waals surface area contributed by atoms with Crippen LogP contribution in [0.1, 0.15) is 18.1 Å². The molecule has 0 amide bonds. The van der Waals surface area contributed by atoms with Gasteiger partial charge < -0.3 is 0 Å². The number of hydrogen-bond acceptors (Lipinski definition) is 2. The van der Waals surface area contributed by atoms with Gasteiger partial charge in [-0.3, -0.25) is 9.97 Å². The van der Waals surface area contributed by atoms with E-state index in [2.05, 4.69) is 151 Å². The van der Waals surface area contributed by atoms with Crippen LogP contribution in [0.4, 0.5) is 0 Å². The van der Waals surface area contributed by atoms with Gasteiger partial charge in [-0.2, -0.15) is 0 Å². The summed E-state index contributed by atoms with van der Waals surface area (Å²) in [7, 11) is 0. The predicted octanol–water partition coefficient (Wildman–Crippen LogP) is 11.5. The molecule has 2 nitrogen and oxygen atoms in total. The number of fused-ring (bicyclic) bond motifs is 2. The Hall–Kier alpha value is -5.86. The number of hydrogen-bond donors (Lipinski definition) is 0. The van der Waals surface area contributed by atoms with Crippen molar-refractivity contribution in [1.29, 1.82) is 0 Å². The lowest BCUT2D eigenvalue weighted by molar-refractivity contribution is 1.32. The third-order valence-corrected chi connectivity index (χ3v) is 8.31. The topological polar surface area (TPSA) is 25.8 Å². The Morgan fingerprint density at radius 1 is 0.533 bits per heavy atom. The van der Waals surface area contributed by atoms with Gasteiger partial charge in [-0.25, -0.2) is 0 Å². The van der Waals surface area contributed by atoms with E-state index in [1.807, 2.05) is 36.9 Å². The van der Waals surface area contributed by atoms with E-state index < -0.39 is 0 Å². The second-order valence-corrected chi connectivity index (χ2v) is 11.1. The first-order valence-corrected chi connectivity index (χ1v) is 15.2. The maximum atomic E-state index is 4.45. The molecule has 0 bridgehead atoms. The van der Waals surface area contributed by atoms with Crippen molar-refractivity contribution in [3.05, 3.63) is 182 Å². The van der Waals surface area contributed by atoms with Crippen LogP contribution >= 0.6 is 0 Å². The third-order valence-electron chi connectivity index (χ3n) is 8.31. The minimum Gasteiger partial charge on any atom is -0.265 e. The molecule has 0 aliphatic carbocycles. The molecule has 45 heavy (non-hydrogen) atoms. The highest BCUT2D eigenvalue weighted by Crippen LogP contribution is 2.44. The molecule has 214 valence electrons. The summed E-state index contributed by atoms with van der Waals surface area (Å²) in [5.74, 6) is 0. The molecule has 0 radical (unpaired) electrons. The molecular weight excluding hydrogens is 544 g/mol. The fourth-order valence-corrected chi connectivity index (χ4v) is 6.23. The summed E-state index contributed by atoms with van der Waals surface area (Å²) in [6, 6.07) is 43.3. The average molecular weight is 577 g/mol. The van der Waals surface area contributed by atoms with Crippen LogP contribution in [0, 0.1) is 0 Å². The van der Waals surface area contributed by atoms with Crippen LogP contribution in [0.5, 0.6) is 0 Å². The number of aromatic nitrogens is 2. The molecule has 7 aromatic rings. The summed E-state index contributed by atoms with van der Waals surface area (Å²) < 4.78 is 0. The van der Waals surface area contributed by atoms with Gasteiger partial charge in [-0.1, -0.05) is 104 Å². The van der Waals surface area contributed by atoms with Crippen molar-refractivity contribution in [2.75, 3.05) is 0 Å². The molecular formula is C43H32N2. The second kappa shape index (κ2) is 12.4. The van der Waals surface area contributed by atoms with Gasteiger partial charge in [0.25, 0.3) is 0 Å². The monoisotopic (exact) mass is 576 g/mol. The third kappa shape index (κ3) is 5.50. The Balaban J connectivity index is 1.56. The van der Waals surface area contributed by atoms with E-state index in [-0.39, 0.29) is 0 Å². The first-order valence-electron chi connectivity index (χ1n) is 15.2. The van der Waals surface area contributed by atoms with Crippen molar-refractivity contribution in [1.82, 2.24) is 9.97 Å². The van der Waals surface area contributed by atoms with Crippen LogP contribution in [0.15, 0.2) is 171 Å². The fraction of sp³-hybridized carbons (Fsp3) is 0.0233. The summed E-state index contributed by atoms with van der Waals surface area (Å²) in [6.45, 7) is 6.52. The Bertz CT molecular complexity index is 2210. The van der Waals surface area contributed by atoms with E-state index >= 15 is 0 Å². The van der Waals surface area contributed by atoms with Gasteiger partial charge in [-0.05, 0) is 127 Å². The smallest absolute Gasteiger partial charge is 0.0273 e. The van der Waals surface area contributed by atoms with Gasteiger partial charge in [0.2, 0.25) is 0 Å². The molecule has 0 unspecified atom stereocenters. The van der Waals surface area contributed by atoms with Crippen LogP contribution in [0.25, 0.3) is 66.1 Å². The molecule has 5 aromatic carbocycles. The standard InChI is InChI=1S/C43H32N2/c1-3-10-36(27-30(2)31-19-23-44-24-20-31)42-38-15-7-8-16-39(38)43(37-14-9-13-34(28-37)33-21-25-45-26-22-33)41-29-35(17-18-40(41)42)32-11-5-4-6-12-32/h3-29H,2H2,1H3/b10-3-,36-27+. The minimum atomic E-state index is 0.942. The molecule has 2 heterocycles. The summed E-state index contributed by atoms with van der Waals surface area (Å²) in [5, 5.41) is 4.82. The highest BCUT2D eigenvalue weighted by atomic mass is 14.6. The number of benzene rings is 5. The van der Waals surface area contributed by atoms with Crippen molar-refractivity contribution < 1.29 is 0 Å². The Kier molecular flexibility index (Phi) is 7.70. The van der Waals surface area contributed by atoms with Crippen molar-refractivity contribution in [2.24, 2.45) is 0 Å². The summed E-state index contributed by atoms with van der Waals surface area (Å²) in [5.41, 5.74) is 11.4. The van der Waals surface area contributed by atoms with Gasteiger partial charge >= 0.3 is 0 Å². The lowest BCUT2D eigenvalue weighted by Crippen LogP contribution is -1.94. The zero-order valence-corrected chi connectivity index (χ0v) is 25.2. The highest BCUT2D eigenvalue weighted by Gasteiger charge is 2.18. The van der Waals surface area contributed by atoms with Gasteiger partial charge in [-0.15, -0.1) is 0 Å². The zero-order valence-electron chi connectivity index (χ0n) is 25.2. The summed E-state index contributed by atoms with van der Waals surface area (Å²) >= 11 is 0. The Labute approximate surface area is 264 Å². The molecule has 0 saturated heterocycles. The molecule has 0 aliphatic rings. The maximum Gasteiger partial charge on any atom is 0.0273 e. The molecule has 7 rings (SSSR count). The Morgan fingerprint density at radius 3 is 1.89 bits per heavy atom. The second-order valence-electron chi connectivity index (χ2n) is 11.1. The van der Waals surface area contributed by atoms with E-state index in [1.54, 1.807) is 0 Å². The average Bonchev–Trinajstić information content (AvgIpc) is 3.11. The van der Waals surface area contributed by atoms with E-state index in [0.717, 1.165) is 22.3 Å². The molecule has 2 heteroatoms. The van der Waals surface area contributed by atoms with E-state index in [1.165, 1.54) is 54.9 Å². The lowest BCUT2D eigenvalue weighted by atomic mass is 9.83. The van der Waals surface area contributed by atoms with Crippen LogP contribution < -0.4 is 0 Å². The van der Waals surface area contributed by atoms with Crippen LogP contribution in [0.3, 0.4) is 0 Å². The number of pyridine rings is 2. The zero-order chi connectivity index (χ0) is 30.6. The molecule has 0 spiro atoms. The van der Waals surface area contributed by atoms with Crippen molar-refractivity contribution in [2.45, 2.75) is 6.92 Å². The van der Waals surface area contributed by atoms with Gasteiger partial charge in [0.15, 0.2) is 0 Å². The number of nitrogens with zero attached hydrogens (tertiary/aromatic N) is 2. The van der Waals surface area contributed by atoms with Crippen molar-refractivity contribution >= 4 is 32.7 Å². The fourth-order valence-electron chi connectivity index (χ4n) is 6.23. The van der Waals surface area contributed by atoms with Crippen molar-refractivity contribution in [3.8, 4) is 33.4 Å². The normalized spacial score (nSPS) is 11.8. The predicted molar refractivity (Wildman–Crippen MR) is 192 cm³/mol. The lowest BCUT2D eigenvalue weighted by Gasteiger charge is -2.20. The largest absolute Gasteiger partial charge is 0.265 e. The van der Waals surface area contributed by atoms with E-state index in [4.69, 9.17) is 0 Å². The van der Waals surface area contributed by atoms with E-state index in [0.29, 0.717) is 0 Å². The molecule has 0 fully saturated rings. The molecule has 0 aliphatic heterocycles. The van der Waals surface area contributed by atoms with Gasteiger partial charge in [0, 0.05) is 24.8 Å². The first kappa shape index (κ1) is 27.9. The first-order chi connectivity index (χ1) is 22.2. The number of rotatable bonds is 7. The molecule has 0 N–H and O–H groups in total. The molecule has 2 aromatic heterocycles. The maximum absolute atomic E-state index is 4.45. The van der Waals surface area contributed by atoms with E-state index in [9.17, 15) is 0 Å². The van der Waals surface area contributed by atoms with Gasteiger partial charge in [0.05, 0.1) is 0 Å². The summed E-state index contributed by atoms with van der Waals surface area (Å²) in [4.78, 5) is 8.43. The quantitative estimate of drug-likeness (QED) is 0.139. The van der Waals surface area contributed by atoms with Crippen LogP contribution in [-0.4, -0.2) is 9.97 Å². The highest BCUT2D eigenvalue weighted by molar-refractivity contribution is 6.20. The van der Waals surface area contributed by atoms with Gasteiger partial charge in [0.1, 0.15) is 0 Å². The molecule has 0 saturated carbocycles. The minimum absolute atomic E-state index is 0.942. The Morgan fingerprint density at radius 2 is 1.13 bits per heavy atom. The van der Waals surface area contributed by atoms with Crippen LogP contribution in [0.2, 0.25) is 0 Å². The number of allylic oxidation sites excluding steroid dienone is 5. The molecule has 0 atom stereocenters. The van der Waals surface area contributed by atoms with Crippen LogP contribution in [-0.2, 0) is 0 Å². The SMILES string of the molecule is C=C(/C=C(\C=C/C)c1c2ccccc2c(-c2cccc(-c3ccncc3)c2)c2cc(-c3ccccc3)ccc12)c1ccncc1. The van der Waals surface area contributed by atoms with Crippen molar-refractivity contribution in [3.63, 3.8) is 0 Å².